The second-order valence-electron chi connectivity index (χ2n) is 6.10. The summed E-state index contributed by atoms with van der Waals surface area (Å²) in [4.78, 5) is 23.2. The van der Waals surface area contributed by atoms with Gasteiger partial charge in [0.25, 0.3) is 5.91 Å². The Morgan fingerprint density at radius 2 is 1.96 bits per heavy atom. The Morgan fingerprint density at radius 1 is 1.18 bits per heavy atom. The first-order valence-corrected chi connectivity index (χ1v) is 10.3. The summed E-state index contributed by atoms with van der Waals surface area (Å²) in [6.07, 6.45) is 1.63. The van der Waals surface area contributed by atoms with Crippen LogP contribution in [0, 0.1) is 18.6 Å². The average Bonchev–Trinajstić information content (AvgIpc) is 3.32. The van der Waals surface area contributed by atoms with E-state index in [2.05, 4.69) is 21.4 Å². The van der Waals surface area contributed by atoms with E-state index in [1.165, 1.54) is 6.07 Å². The Morgan fingerprint density at radius 3 is 2.61 bits per heavy atom. The first kappa shape index (κ1) is 18.8. The van der Waals surface area contributed by atoms with Crippen LogP contribution in [0.3, 0.4) is 0 Å². The second kappa shape index (κ2) is 7.81. The molecule has 0 spiro atoms. The third-order valence-corrected chi connectivity index (χ3v) is 6.42. The quantitative estimate of drug-likeness (QED) is 0.642. The molecule has 0 saturated carbocycles. The second-order valence-corrected chi connectivity index (χ2v) is 8.44. The number of carbonyl (C=O) groups excluding carboxylic acids is 1. The highest BCUT2D eigenvalue weighted by atomic mass is 32.2. The number of halogens is 2. The van der Waals surface area contributed by atoms with E-state index in [9.17, 15) is 13.6 Å². The summed E-state index contributed by atoms with van der Waals surface area (Å²) < 4.78 is 27.5. The van der Waals surface area contributed by atoms with Gasteiger partial charge in [-0.3, -0.25) is 9.79 Å². The van der Waals surface area contributed by atoms with Crippen molar-refractivity contribution < 1.29 is 13.6 Å². The SMILES string of the molecule is Cc1sc(C2=NCCS2)cc1-c1ccc(NC(=O)c2c(F)cccc2F)nc1. The lowest BCUT2D eigenvalue weighted by Gasteiger charge is -2.07. The number of rotatable bonds is 4. The van der Waals surface area contributed by atoms with Crippen LogP contribution in [-0.2, 0) is 0 Å². The molecule has 0 unspecified atom stereocenters. The molecular weight excluding hydrogens is 400 g/mol. The van der Waals surface area contributed by atoms with Crippen LogP contribution in [0.25, 0.3) is 11.1 Å². The van der Waals surface area contributed by atoms with E-state index >= 15 is 0 Å². The maximum absolute atomic E-state index is 13.7. The van der Waals surface area contributed by atoms with Crippen LogP contribution in [0.1, 0.15) is 20.1 Å². The minimum atomic E-state index is -0.914. The van der Waals surface area contributed by atoms with E-state index in [-0.39, 0.29) is 5.82 Å². The molecule has 0 aliphatic carbocycles. The van der Waals surface area contributed by atoms with Crippen LogP contribution in [0.5, 0.6) is 0 Å². The van der Waals surface area contributed by atoms with Crippen molar-refractivity contribution in [1.29, 1.82) is 0 Å². The Balaban J connectivity index is 1.54. The predicted octanol–water partition coefficient (Wildman–Crippen LogP) is 5.14. The Kier molecular flexibility index (Phi) is 5.23. The minimum Gasteiger partial charge on any atom is -0.306 e. The standard InChI is InChI=1S/C20H15F2N3OS2/c1-11-13(9-16(28-11)20-23-7-8-27-20)12-5-6-17(24-10-12)25-19(26)18-14(21)3-2-4-15(18)22/h2-6,9-10H,7-8H2,1H3,(H,24,25,26). The molecule has 2 aromatic heterocycles. The number of aromatic nitrogens is 1. The van der Waals surface area contributed by atoms with E-state index in [4.69, 9.17) is 0 Å². The van der Waals surface area contributed by atoms with Crippen molar-refractivity contribution in [2.45, 2.75) is 6.92 Å². The molecular formula is C20H15F2N3OS2. The van der Waals surface area contributed by atoms with Gasteiger partial charge in [0.1, 0.15) is 28.1 Å². The number of carbonyl (C=O) groups is 1. The summed E-state index contributed by atoms with van der Waals surface area (Å²) in [6.45, 7) is 2.89. The monoisotopic (exact) mass is 415 g/mol. The lowest BCUT2D eigenvalue weighted by atomic mass is 10.1. The van der Waals surface area contributed by atoms with E-state index in [1.54, 1.807) is 35.4 Å². The largest absolute Gasteiger partial charge is 0.306 e. The summed E-state index contributed by atoms with van der Waals surface area (Å²) in [5, 5.41) is 3.51. The average molecular weight is 415 g/mol. The van der Waals surface area contributed by atoms with Gasteiger partial charge in [0, 0.05) is 28.9 Å². The van der Waals surface area contributed by atoms with Crippen molar-refractivity contribution >= 4 is 39.9 Å². The van der Waals surface area contributed by atoms with Crippen molar-refractivity contribution in [2.75, 3.05) is 17.6 Å². The fourth-order valence-corrected chi connectivity index (χ4v) is 4.89. The van der Waals surface area contributed by atoms with Gasteiger partial charge in [0.15, 0.2) is 0 Å². The van der Waals surface area contributed by atoms with Crippen LogP contribution in [0.2, 0.25) is 0 Å². The van der Waals surface area contributed by atoms with Gasteiger partial charge in [0.05, 0.1) is 4.88 Å². The zero-order valence-corrected chi connectivity index (χ0v) is 16.5. The molecule has 0 saturated heterocycles. The number of pyridine rings is 1. The van der Waals surface area contributed by atoms with Gasteiger partial charge in [-0.05, 0) is 42.8 Å². The van der Waals surface area contributed by atoms with Gasteiger partial charge < -0.3 is 5.32 Å². The number of aryl methyl sites for hydroxylation is 1. The molecule has 3 heterocycles. The molecule has 0 atom stereocenters. The zero-order valence-electron chi connectivity index (χ0n) is 14.8. The molecule has 8 heteroatoms. The smallest absolute Gasteiger partial charge is 0.262 e. The van der Waals surface area contributed by atoms with Crippen LogP contribution in [0.4, 0.5) is 14.6 Å². The molecule has 142 valence electrons. The highest BCUT2D eigenvalue weighted by molar-refractivity contribution is 8.15. The van der Waals surface area contributed by atoms with Gasteiger partial charge in [-0.15, -0.1) is 23.1 Å². The summed E-state index contributed by atoms with van der Waals surface area (Å²) in [6, 6.07) is 8.83. The van der Waals surface area contributed by atoms with Crippen LogP contribution in [0.15, 0.2) is 47.6 Å². The summed E-state index contributed by atoms with van der Waals surface area (Å²) >= 11 is 3.45. The van der Waals surface area contributed by atoms with Crippen LogP contribution in [-0.4, -0.2) is 28.2 Å². The lowest BCUT2D eigenvalue weighted by Crippen LogP contribution is -2.16. The van der Waals surface area contributed by atoms with Gasteiger partial charge in [-0.25, -0.2) is 13.8 Å². The molecule has 0 fully saturated rings. The number of aliphatic imine (C=N–C) groups is 1. The molecule has 0 radical (unpaired) electrons. The van der Waals surface area contributed by atoms with E-state index in [0.717, 1.165) is 50.4 Å². The van der Waals surface area contributed by atoms with Crippen molar-refractivity contribution in [3.63, 3.8) is 0 Å². The molecule has 3 aromatic rings. The van der Waals surface area contributed by atoms with Gasteiger partial charge in [-0.1, -0.05) is 6.07 Å². The molecule has 4 nitrogen and oxygen atoms in total. The topological polar surface area (TPSA) is 54.4 Å². The molecule has 0 bridgehead atoms. The van der Waals surface area contributed by atoms with Crippen molar-refractivity contribution in [1.82, 2.24) is 4.98 Å². The van der Waals surface area contributed by atoms with Crippen LogP contribution < -0.4 is 5.32 Å². The molecule has 1 aliphatic rings. The minimum absolute atomic E-state index is 0.222. The Hall–Kier alpha value is -2.58. The van der Waals surface area contributed by atoms with Crippen LogP contribution >= 0.6 is 23.1 Å². The Bertz CT molecular complexity index is 1060. The third-order valence-electron chi connectivity index (χ3n) is 4.22. The molecule has 1 N–H and O–H groups in total. The zero-order chi connectivity index (χ0) is 19.7. The normalized spacial score (nSPS) is 13.5. The highest BCUT2D eigenvalue weighted by Crippen LogP contribution is 2.34. The number of thiophene rings is 1. The lowest BCUT2D eigenvalue weighted by molar-refractivity contribution is 0.101. The number of nitrogens with one attached hydrogen (secondary N) is 1. The summed E-state index contributed by atoms with van der Waals surface area (Å²) in [5.41, 5.74) is 1.33. The third kappa shape index (κ3) is 3.70. The fourth-order valence-electron chi connectivity index (χ4n) is 2.88. The highest BCUT2D eigenvalue weighted by Gasteiger charge is 2.18. The fraction of sp³-hybridized carbons (Fsp3) is 0.150. The summed E-state index contributed by atoms with van der Waals surface area (Å²) in [7, 11) is 0. The number of nitrogens with zero attached hydrogens (tertiary/aromatic N) is 2. The molecule has 1 amide bonds. The van der Waals surface area contributed by atoms with E-state index in [1.807, 2.05) is 13.0 Å². The number of anilines is 1. The molecule has 1 aromatic carbocycles. The van der Waals surface area contributed by atoms with Crippen molar-refractivity contribution in [3.05, 3.63) is 69.5 Å². The summed E-state index contributed by atoms with van der Waals surface area (Å²) in [5.74, 6) is -1.46. The molecule has 1 aliphatic heterocycles. The maximum Gasteiger partial charge on any atom is 0.262 e. The number of hydrogen-bond donors (Lipinski definition) is 1. The van der Waals surface area contributed by atoms with Crippen molar-refractivity contribution in [3.8, 4) is 11.1 Å². The van der Waals surface area contributed by atoms with Gasteiger partial charge in [-0.2, -0.15) is 0 Å². The molecule has 28 heavy (non-hydrogen) atoms. The van der Waals surface area contributed by atoms with Crippen molar-refractivity contribution in [2.24, 2.45) is 4.99 Å². The molecule has 4 rings (SSSR count). The Labute approximate surface area is 168 Å². The number of thioether (sulfide) groups is 1. The van der Waals surface area contributed by atoms with E-state index < -0.39 is 23.1 Å². The van der Waals surface area contributed by atoms with Gasteiger partial charge in [0.2, 0.25) is 0 Å². The number of hydrogen-bond acceptors (Lipinski definition) is 5. The maximum atomic E-state index is 13.7. The number of amides is 1. The first-order chi connectivity index (χ1) is 13.5. The van der Waals surface area contributed by atoms with E-state index in [0.29, 0.717) is 0 Å². The first-order valence-electron chi connectivity index (χ1n) is 8.53. The predicted molar refractivity (Wildman–Crippen MR) is 110 cm³/mol. The van der Waals surface area contributed by atoms with Gasteiger partial charge >= 0.3 is 0 Å². The number of benzene rings is 1.